The van der Waals surface area contributed by atoms with Crippen molar-refractivity contribution in [2.45, 2.75) is 31.3 Å². The second-order valence-electron chi connectivity index (χ2n) is 4.66. The smallest absolute Gasteiger partial charge is 0.269 e. The number of rotatable bonds is 7. The summed E-state index contributed by atoms with van der Waals surface area (Å²) in [6.45, 7) is 1.09. The lowest BCUT2D eigenvalue weighted by molar-refractivity contribution is -0.148. The molecule has 1 amide bonds. The van der Waals surface area contributed by atoms with Gasteiger partial charge in [-0.25, -0.2) is 0 Å². The zero-order valence-corrected chi connectivity index (χ0v) is 11.5. The molecule has 118 valence electrons. The van der Waals surface area contributed by atoms with Gasteiger partial charge in [-0.1, -0.05) is 17.7 Å². The van der Waals surface area contributed by atoms with Crippen molar-refractivity contribution in [3.8, 4) is 0 Å². The fourth-order valence-corrected chi connectivity index (χ4v) is 1.52. The largest absolute Gasteiger partial charge is 0.394 e. The number of aliphatic hydroxyl groups is 5. The average molecular weight is 300 g/mol. The van der Waals surface area contributed by atoms with Crippen LogP contribution in [0.5, 0.6) is 0 Å². The monoisotopic (exact) mass is 300 g/mol. The third-order valence-electron chi connectivity index (χ3n) is 2.90. The first-order chi connectivity index (χ1) is 9.86. The normalized spacial score (nSPS) is 16.7. The number of carbonyl (C=O) groups is 1. The summed E-state index contributed by atoms with van der Waals surface area (Å²) in [6.07, 6.45) is -7.42. The molecule has 0 fully saturated rings. The van der Waals surface area contributed by atoms with Gasteiger partial charge in [-0.15, -0.1) is 0 Å². The number of amides is 1. The van der Waals surface area contributed by atoms with E-state index < -0.39 is 36.9 Å². The quantitative estimate of drug-likeness (QED) is 0.285. The van der Waals surface area contributed by atoms with Crippen molar-refractivity contribution in [3.05, 3.63) is 29.8 Å². The van der Waals surface area contributed by atoms with E-state index in [1.807, 2.05) is 6.92 Å². The number of benzene rings is 1. The Morgan fingerprint density at radius 2 is 1.67 bits per heavy atom. The van der Waals surface area contributed by atoms with Gasteiger partial charge in [0, 0.05) is 0 Å². The molecule has 0 spiro atoms. The van der Waals surface area contributed by atoms with Gasteiger partial charge in [-0.3, -0.25) is 15.6 Å². The first-order valence-electron chi connectivity index (χ1n) is 6.32. The molecule has 0 aromatic heterocycles. The molecule has 0 bridgehead atoms. The van der Waals surface area contributed by atoms with Crippen LogP contribution in [0.1, 0.15) is 5.56 Å². The van der Waals surface area contributed by atoms with Crippen molar-refractivity contribution >= 4 is 11.6 Å². The fraction of sp³-hybridized carbons (Fsp3) is 0.462. The Labute approximate surface area is 121 Å². The SMILES string of the molecule is Cc1ccc(NNC(=O)[C@H](O)[C@H](O)[C@H](O)[C@H](O)CO)cc1. The van der Waals surface area contributed by atoms with Crippen LogP contribution in [0, 0.1) is 6.92 Å². The number of hydrogen-bond acceptors (Lipinski definition) is 7. The summed E-state index contributed by atoms with van der Waals surface area (Å²) < 4.78 is 0. The minimum Gasteiger partial charge on any atom is -0.394 e. The summed E-state index contributed by atoms with van der Waals surface area (Å²) in [5.74, 6) is -0.993. The van der Waals surface area contributed by atoms with Crippen molar-refractivity contribution < 1.29 is 30.3 Å². The van der Waals surface area contributed by atoms with Crippen molar-refractivity contribution in [2.24, 2.45) is 0 Å². The molecule has 21 heavy (non-hydrogen) atoms. The maximum atomic E-state index is 11.6. The van der Waals surface area contributed by atoms with Gasteiger partial charge in [0.15, 0.2) is 6.10 Å². The van der Waals surface area contributed by atoms with E-state index in [0.717, 1.165) is 5.56 Å². The highest BCUT2D eigenvalue weighted by Gasteiger charge is 2.34. The Kier molecular flexibility index (Phi) is 6.53. The number of carbonyl (C=O) groups excluding carboxylic acids is 1. The van der Waals surface area contributed by atoms with Crippen molar-refractivity contribution in [3.63, 3.8) is 0 Å². The van der Waals surface area contributed by atoms with Crippen LogP contribution < -0.4 is 10.9 Å². The van der Waals surface area contributed by atoms with Gasteiger partial charge in [0.1, 0.15) is 18.3 Å². The Morgan fingerprint density at radius 3 is 2.19 bits per heavy atom. The van der Waals surface area contributed by atoms with E-state index in [0.29, 0.717) is 5.69 Å². The molecule has 8 heteroatoms. The van der Waals surface area contributed by atoms with Gasteiger partial charge in [-0.05, 0) is 19.1 Å². The zero-order chi connectivity index (χ0) is 16.0. The molecule has 4 atom stereocenters. The first-order valence-corrected chi connectivity index (χ1v) is 6.32. The predicted octanol–water partition coefficient (Wildman–Crippen LogP) is -2.13. The summed E-state index contributed by atoms with van der Waals surface area (Å²) in [5.41, 5.74) is 6.27. The summed E-state index contributed by atoms with van der Waals surface area (Å²) in [5, 5.41) is 46.3. The zero-order valence-electron chi connectivity index (χ0n) is 11.5. The number of hydrazine groups is 1. The number of anilines is 1. The topological polar surface area (TPSA) is 142 Å². The molecule has 1 rings (SSSR count). The van der Waals surface area contributed by atoms with Gasteiger partial charge in [0.2, 0.25) is 0 Å². The van der Waals surface area contributed by atoms with E-state index in [-0.39, 0.29) is 0 Å². The van der Waals surface area contributed by atoms with Crippen LogP contribution in [0.3, 0.4) is 0 Å². The molecule has 0 aliphatic heterocycles. The van der Waals surface area contributed by atoms with Crippen LogP contribution in [-0.2, 0) is 4.79 Å². The molecule has 0 heterocycles. The average Bonchev–Trinajstić information content (AvgIpc) is 2.50. The van der Waals surface area contributed by atoms with Gasteiger partial charge in [0.05, 0.1) is 12.3 Å². The van der Waals surface area contributed by atoms with Gasteiger partial charge < -0.3 is 25.5 Å². The summed E-state index contributed by atoms with van der Waals surface area (Å²) >= 11 is 0. The number of hydrogen-bond donors (Lipinski definition) is 7. The molecule has 7 N–H and O–H groups in total. The lowest BCUT2D eigenvalue weighted by atomic mass is 10.0. The standard InChI is InChI=1S/C13H20N2O6/c1-7-2-4-8(5-3-7)14-15-13(21)12(20)11(19)10(18)9(17)6-16/h2-5,9-12,14,16-20H,6H2,1H3,(H,15,21)/t9-,10-,11-,12-/m1/s1. The van der Waals surface area contributed by atoms with Crippen molar-refractivity contribution in [1.29, 1.82) is 0 Å². The highest BCUT2D eigenvalue weighted by Crippen LogP contribution is 2.08. The summed E-state index contributed by atoms with van der Waals surface area (Å²) in [6, 6.07) is 7.01. The summed E-state index contributed by atoms with van der Waals surface area (Å²) in [7, 11) is 0. The van der Waals surface area contributed by atoms with Gasteiger partial charge in [-0.2, -0.15) is 0 Å². The molecule has 0 saturated carbocycles. The molecule has 1 aromatic carbocycles. The van der Waals surface area contributed by atoms with Crippen LogP contribution >= 0.6 is 0 Å². The molecular weight excluding hydrogens is 280 g/mol. The van der Waals surface area contributed by atoms with E-state index in [9.17, 15) is 20.1 Å². The Hall–Kier alpha value is -1.71. The lowest BCUT2D eigenvalue weighted by Gasteiger charge is -2.25. The predicted molar refractivity (Wildman–Crippen MR) is 74.1 cm³/mol. The lowest BCUT2D eigenvalue weighted by Crippen LogP contribution is -2.52. The van der Waals surface area contributed by atoms with Crippen LogP contribution in [-0.4, -0.2) is 62.5 Å². The fourth-order valence-electron chi connectivity index (χ4n) is 1.52. The molecule has 1 aromatic rings. The highest BCUT2D eigenvalue weighted by atomic mass is 16.4. The molecule has 8 nitrogen and oxygen atoms in total. The Balaban J connectivity index is 2.52. The number of aryl methyl sites for hydroxylation is 1. The van der Waals surface area contributed by atoms with Crippen molar-refractivity contribution in [1.82, 2.24) is 5.43 Å². The highest BCUT2D eigenvalue weighted by molar-refractivity contribution is 5.82. The van der Waals surface area contributed by atoms with E-state index in [4.69, 9.17) is 10.2 Å². The van der Waals surface area contributed by atoms with Crippen LogP contribution in [0.2, 0.25) is 0 Å². The second kappa shape index (κ2) is 7.91. The maximum Gasteiger partial charge on any atom is 0.269 e. The first kappa shape index (κ1) is 17.3. The third kappa shape index (κ3) is 4.96. The number of nitrogens with one attached hydrogen (secondary N) is 2. The van der Waals surface area contributed by atoms with E-state index >= 15 is 0 Å². The Bertz CT molecular complexity index is 452. The molecule has 0 radical (unpaired) electrons. The number of aliphatic hydroxyl groups excluding tert-OH is 5. The third-order valence-corrected chi connectivity index (χ3v) is 2.90. The van der Waals surface area contributed by atoms with Gasteiger partial charge >= 0.3 is 0 Å². The molecule has 0 unspecified atom stereocenters. The molecule has 0 saturated heterocycles. The van der Waals surface area contributed by atoms with Crippen LogP contribution in [0.25, 0.3) is 0 Å². The Morgan fingerprint density at radius 1 is 1.10 bits per heavy atom. The molecular formula is C13H20N2O6. The van der Waals surface area contributed by atoms with Crippen molar-refractivity contribution in [2.75, 3.05) is 12.0 Å². The minimum atomic E-state index is -1.97. The van der Waals surface area contributed by atoms with Crippen LogP contribution in [0.15, 0.2) is 24.3 Å². The minimum absolute atomic E-state index is 0.562. The van der Waals surface area contributed by atoms with E-state index in [2.05, 4.69) is 10.9 Å². The molecule has 0 aliphatic carbocycles. The van der Waals surface area contributed by atoms with E-state index in [1.165, 1.54) is 0 Å². The second-order valence-corrected chi connectivity index (χ2v) is 4.66. The van der Waals surface area contributed by atoms with E-state index in [1.54, 1.807) is 24.3 Å². The van der Waals surface area contributed by atoms with Crippen LogP contribution in [0.4, 0.5) is 5.69 Å². The summed E-state index contributed by atoms with van der Waals surface area (Å²) in [4.78, 5) is 11.6. The van der Waals surface area contributed by atoms with Gasteiger partial charge in [0.25, 0.3) is 5.91 Å². The molecule has 0 aliphatic rings. The maximum absolute atomic E-state index is 11.6.